The van der Waals surface area contributed by atoms with E-state index in [9.17, 15) is 4.79 Å². The fourth-order valence-electron chi connectivity index (χ4n) is 2.44. The molecule has 0 amide bonds. The van der Waals surface area contributed by atoms with Crippen LogP contribution >= 0.6 is 0 Å². The Labute approximate surface area is 123 Å². The molecule has 0 aliphatic carbocycles. The number of hydrogen-bond acceptors (Lipinski definition) is 3. The van der Waals surface area contributed by atoms with Crippen LogP contribution in [0.15, 0.2) is 73.3 Å². The van der Waals surface area contributed by atoms with Crippen molar-refractivity contribution in [2.75, 3.05) is 0 Å². The molecule has 21 heavy (non-hydrogen) atoms. The average Bonchev–Trinajstić information content (AvgIpc) is 3.10. The quantitative estimate of drug-likeness (QED) is 0.689. The Bertz CT molecular complexity index is 723. The highest BCUT2D eigenvalue weighted by Gasteiger charge is 2.38. The predicted molar refractivity (Wildman–Crippen MR) is 80.0 cm³/mol. The third-order valence-electron chi connectivity index (χ3n) is 3.69. The molecule has 1 heterocycles. The number of benzene rings is 2. The largest absolute Gasteiger partial charge is 0.291 e. The van der Waals surface area contributed by atoms with Gasteiger partial charge in [0.1, 0.15) is 18.2 Å². The zero-order valence-corrected chi connectivity index (χ0v) is 11.7. The molecule has 0 radical (unpaired) electrons. The van der Waals surface area contributed by atoms with Crippen molar-refractivity contribution in [3.63, 3.8) is 0 Å². The van der Waals surface area contributed by atoms with E-state index >= 15 is 0 Å². The summed E-state index contributed by atoms with van der Waals surface area (Å²) in [7, 11) is 0. The zero-order chi connectivity index (χ0) is 14.7. The minimum Gasteiger partial charge on any atom is -0.291 e. The van der Waals surface area contributed by atoms with Crippen LogP contribution in [0.25, 0.3) is 0 Å². The molecule has 0 fully saturated rings. The first kappa shape index (κ1) is 13.2. The van der Waals surface area contributed by atoms with Crippen molar-refractivity contribution in [2.45, 2.75) is 12.5 Å². The topological polar surface area (TPSA) is 47.8 Å². The van der Waals surface area contributed by atoms with Gasteiger partial charge in [0.05, 0.1) is 0 Å². The Balaban J connectivity index is 2.16. The SMILES string of the molecule is CC(C(=O)c1ccccc1)(c1ccccc1)n1cncn1. The van der Waals surface area contributed by atoms with Crippen LogP contribution in [0.3, 0.4) is 0 Å². The maximum absolute atomic E-state index is 13.1. The van der Waals surface area contributed by atoms with Crippen LogP contribution in [0.1, 0.15) is 22.8 Å². The molecule has 1 atom stereocenters. The number of carbonyl (C=O) groups excluding carboxylic acids is 1. The molecule has 1 aromatic heterocycles. The van der Waals surface area contributed by atoms with Crippen LogP contribution in [0, 0.1) is 0 Å². The number of Topliss-reactive ketones (excluding diaryl/α,β-unsaturated/α-hetero) is 1. The number of nitrogens with zero attached hydrogens (tertiary/aromatic N) is 3. The van der Waals surface area contributed by atoms with Crippen LogP contribution in [0.5, 0.6) is 0 Å². The molecular formula is C17H15N3O. The molecule has 4 nitrogen and oxygen atoms in total. The molecule has 0 N–H and O–H groups in total. The molecule has 104 valence electrons. The van der Waals surface area contributed by atoms with Gasteiger partial charge >= 0.3 is 0 Å². The number of carbonyl (C=O) groups is 1. The van der Waals surface area contributed by atoms with Gasteiger partial charge in [-0.15, -0.1) is 0 Å². The van der Waals surface area contributed by atoms with Gasteiger partial charge in [0.15, 0.2) is 5.78 Å². The number of aromatic nitrogens is 3. The first-order valence-electron chi connectivity index (χ1n) is 6.73. The lowest BCUT2D eigenvalue weighted by Crippen LogP contribution is -2.40. The molecule has 0 aliphatic rings. The van der Waals surface area contributed by atoms with Gasteiger partial charge in [-0.1, -0.05) is 60.7 Å². The standard InChI is InChI=1S/C17H15N3O/c1-17(20-13-18-12-19-20,15-10-6-3-7-11-15)16(21)14-8-4-2-5-9-14/h2-13H,1H3. The van der Waals surface area contributed by atoms with Gasteiger partial charge in [-0.05, 0) is 12.5 Å². The van der Waals surface area contributed by atoms with Gasteiger partial charge in [0.2, 0.25) is 0 Å². The van der Waals surface area contributed by atoms with Crippen LogP contribution in [0.2, 0.25) is 0 Å². The summed E-state index contributed by atoms with van der Waals surface area (Å²) in [5.41, 5.74) is 0.614. The van der Waals surface area contributed by atoms with E-state index < -0.39 is 5.54 Å². The molecule has 0 spiro atoms. The molecule has 0 bridgehead atoms. The van der Waals surface area contributed by atoms with E-state index in [1.165, 1.54) is 6.33 Å². The van der Waals surface area contributed by atoms with Crippen LogP contribution in [-0.2, 0) is 5.54 Å². The molecule has 0 aliphatic heterocycles. The van der Waals surface area contributed by atoms with Gasteiger partial charge < -0.3 is 0 Å². The van der Waals surface area contributed by atoms with E-state index in [2.05, 4.69) is 10.1 Å². The Hall–Kier alpha value is -2.75. The first-order valence-corrected chi connectivity index (χ1v) is 6.73. The van der Waals surface area contributed by atoms with E-state index in [0.717, 1.165) is 5.56 Å². The zero-order valence-electron chi connectivity index (χ0n) is 11.7. The third-order valence-corrected chi connectivity index (χ3v) is 3.69. The van der Waals surface area contributed by atoms with E-state index in [4.69, 9.17) is 0 Å². The molecule has 2 aromatic carbocycles. The summed E-state index contributed by atoms with van der Waals surface area (Å²) in [6.45, 7) is 1.87. The monoisotopic (exact) mass is 277 g/mol. The van der Waals surface area contributed by atoms with Crippen molar-refractivity contribution in [2.24, 2.45) is 0 Å². The van der Waals surface area contributed by atoms with Crippen LogP contribution in [0.4, 0.5) is 0 Å². The molecule has 3 rings (SSSR count). The minimum absolute atomic E-state index is 0.0141. The van der Waals surface area contributed by atoms with Gasteiger partial charge in [0, 0.05) is 5.56 Å². The van der Waals surface area contributed by atoms with E-state index in [1.807, 2.05) is 67.6 Å². The first-order chi connectivity index (χ1) is 10.2. The van der Waals surface area contributed by atoms with E-state index in [-0.39, 0.29) is 5.78 Å². The van der Waals surface area contributed by atoms with Crippen molar-refractivity contribution in [1.82, 2.24) is 14.8 Å². The third kappa shape index (κ3) is 2.25. The van der Waals surface area contributed by atoms with Crippen LogP contribution < -0.4 is 0 Å². The highest BCUT2D eigenvalue weighted by molar-refractivity contribution is 6.03. The summed E-state index contributed by atoms with van der Waals surface area (Å²) in [5, 5.41) is 4.20. The summed E-state index contributed by atoms with van der Waals surface area (Å²) in [6.07, 6.45) is 3.02. The maximum atomic E-state index is 13.1. The normalized spacial score (nSPS) is 13.6. The van der Waals surface area contributed by atoms with Crippen LogP contribution in [-0.4, -0.2) is 20.5 Å². The smallest absolute Gasteiger partial charge is 0.194 e. The van der Waals surface area contributed by atoms with Crippen molar-refractivity contribution in [3.05, 3.63) is 84.4 Å². The molecule has 4 heteroatoms. The van der Waals surface area contributed by atoms with Crippen molar-refractivity contribution >= 4 is 5.78 Å². The average molecular weight is 277 g/mol. The Morgan fingerprint density at radius 1 is 1.00 bits per heavy atom. The Morgan fingerprint density at radius 2 is 1.62 bits per heavy atom. The predicted octanol–water partition coefficient (Wildman–Crippen LogP) is 2.92. The summed E-state index contributed by atoms with van der Waals surface area (Å²) in [5.74, 6) is -0.0141. The molecule has 1 unspecified atom stereocenters. The number of rotatable bonds is 4. The van der Waals surface area contributed by atoms with Crippen molar-refractivity contribution in [3.8, 4) is 0 Å². The lowest BCUT2D eigenvalue weighted by atomic mass is 9.84. The highest BCUT2D eigenvalue weighted by Crippen LogP contribution is 2.29. The Morgan fingerprint density at radius 3 is 2.19 bits per heavy atom. The summed E-state index contributed by atoms with van der Waals surface area (Å²) < 4.78 is 1.61. The van der Waals surface area contributed by atoms with Crippen molar-refractivity contribution in [1.29, 1.82) is 0 Å². The van der Waals surface area contributed by atoms with E-state index in [1.54, 1.807) is 11.0 Å². The van der Waals surface area contributed by atoms with Gasteiger partial charge in [-0.3, -0.25) is 4.79 Å². The number of ketones is 1. The second kappa shape index (κ2) is 5.32. The number of hydrogen-bond donors (Lipinski definition) is 0. The summed E-state index contributed by atoms with van der Waals surface area (Å²) in [4.78, 5) is 17.1. The molecule has 0 saturated heterocycles. The molecular weight excluding hydrogens is 262 g/mol. The maximum Gasteiger partial charge on any atom is 0.194 e. The minimum atomic E-state index is -0.918. The second-order valence-electron chi connectivity index (χ2n) is 4.97. The fourth-order valence-corrected chi connectivity index (χ4v) is 2.44. The highest BCUT2D eigenvalue weighted by atomic mass is 16.1. The summed E-state index contributed by atoms with van der Waals surface area (Å²) in [6, 6.07) is 18.9. The second-order valence-corrected chi connectivity index (χ2v) is 4.97. The lowest BCUT2D eigenvalue weighted by Gasteiger charge is -2.28. The molecule has 0 saturated carbocycles. The molecule has 3 aromatic rings. The van der Waals surface area contributed by atoms with Gasteiger partial charge in [-0.25, -0.2) is 9.67 Å². The lowest BCUT2D eigenvalue weighted by molar-refractivity contribution is 0.0857. The summed E-state index contributed by atoms with van der Waals surface area (Å²) >= 11 is 0. The van der Waals surface area contributed by atoms with Gasteiger partial charge in [0.25, 0.3) is 0 Å². The van der Waals surface area contributed by atoms with Crippen molar-refractivity contribution < 1.29 is 4.79 Å². The van der Waals surface area contributed by atoms with Gasteiger partial charge in [-0.2, -0.15) is 5.10 Å². The Kier molecular flexibility index (Phi) is 3.36. The fraction of sp³-hybridized carbons (Fsp3) is 0.118. The van der Waals surface area contributed by atoms with E-state index in [0.29, 0.717) is 5.56 Å².